The molecule has 4 heteroatoms. The van der Waals surface area contributed by atoms with Crippen molar-refractivity contribution < 1.29 is 9.13 Å². The second kappa shape index (κ2) is 5.04. The zero-order chi connectivity index (χ0) is 9.14. The van der Waals surface area contributed by atoms with Gasteiger partial charge in [0.1, 0.15) is 11.6 Å². The number of halogens is 2. The Kier molecular flexibility index (Phi) is 4.73. The van der Waals surface area contributed by atoms with Crippen LogP contribution in [0.3, 0.4) is 0 Å². The van der Waals surface area contributed by atoms with Crippen LogP contribution in [0.15, 0.2) is 18.2 Å². The highest BCUT2D eigenvalue weighted by molar-refractivity contribution is 5.85. The number of hydrogen-bond acceptors (Lipinski definition) is 2. The van der Waals surface area contributed by atoms with Crippen LogP contribution in [0.25, 0.3) is 0 Å². The van der Waals surface area contributed by atoms with Crippen LogP contribution in [-0.4, -0.2) is 7.11 Å². The number of rotatable bonds is 2. The number of ether oxygens (including phenoxy) is 1. The van der Waals surface area contributed by atoms with Crippen LogP contribution in [0.1, 0.15) is 18.5 Å². The molecule has 1 aromatic rings. The van der Waals surface area contributed by atoms with E-state index < -0.39 is 0 Å². The highest BCUT2D eigenvalue weighted by Crippen LogP contribution is 2.23. The molecule has 0 saturated heterocycles. The molecule has 1 atom stereocenters. The van der Waals surface area contributed by atoms with Crippen molar-refractivity contribution in [3.63, 3.8) is 0 Å². The normalized spacial score (nSPS) is 11.7. The minimum Gasteiger partial charge on any atom is -0.496 e. The third-order valence-electron chi connectivity index (χ3n) is 1.68. The number of nitrogens with two attached hydrogens (primary N) is 1. The SMILES string of the molecule is COc1ccc(F)cc1[C@@H](C)N.Cl. The summed E-state index contributed by atoms with van der Waals surface area (Å²) in [7, 11) is 1.54. The van der Waals surface area contributed by atoms with Crippen molar-refractivity contribution in [2.45, 2.75) is 13.0 Å². The van der Waals surface area contributed by atoms with E-state index in [9.17, 15) is 4.39 Å². The lowest BCUT2D eigenvalue weighted by Gasteiger charge is -2.10. The van der Waals surface area contributed by atoms with Crippen LogP contribution in [0.5, 0.6) is 5.75 Å². The standard InChI is InChI=1S/C9H12FNO.ClH/c1-6(11)8-5-7(10)3-4-9(8)12-2;/h3-6H,11H2,1-2H3;1H/t6-;/m1./s1. The van der Waals surface area contributed by atoms with Gasteiger partial charge in [-0.15, -0.1) is 12.4 Å². The van der Waals surface area contributed by atoms with Crippen molar-refractivity contribution in [2.24, 2.45) is 5.73 Å². The smallest absolute Gasteiger partial charge is 0.123 e. The molecule has 0 amide bonds. The molecule has 0 saturated carbocycles. The van der Waals surface area contributed by atoms with Gasteiger partial charge in [0.05, 0.1) is 7.11 Å². The molecule has 2 nitrogen and oxygen atoms in total. The van der Waals surface area contributed by atoms with Crippen molar-refractivity contribution in [3.05, 3.63) is 29.6 Å². The lowest BCUT2D eigenvalue weighted by Crippen LogP contribution is -2.07. The molecule has 0 heterocycles. The molecule has 1 aromatic carbocycles. The first kappa shape index (κ1) is 12.2. The largest absolute Gasteiger partial charge is 0.496 e. The second-order valence-corrected chi connectivity index (χ2v) is 2.67. The predicted octanol–water partition coefficient (Wildman–Crippen LogP) is 2.28. The molecule has 0 aliphatic heterocycles. The van der Waals surface area contributed by atoms with Gasteiger partial charge in [-0.2, -0.15) is 0 Å². The molecule has 0 bridgehead atoms. The van der Waals surface area contributed by atoms with Crippen LogP contribution in [0.2, 0.25) is 0 Å². The van der Waals surface area contributed by atoms with Crippen LogP contribution in [0.4, 0.5) is 4.39 Å². The molecule has 0 radical (unpaired) electrons. The fourth-order valence-electron chi connectivity index (χ4n) is 1.06. The summed E-state index contributed by atoms with van der Waals surface area (Å²) in [5.41, 5.74) is 6.30. The number of hydrogen-bond donors (Lipinski definition) is 1. The summed E-state index contributed by atoms with van der Waals surface area (Å²) in [6, 6.07) is 4.11. The highest BCUT2D eigenvalue weighted by Gasteiger charge is 2.07. The Balaban J connectivity index is 0.00000144. The van der Waals surface area contributed by atoms with E-state index in [1.54, 1.807) is 20.1 Å². The Bertz CT molecular complexity index is 278. The third-order valence-corrected chi connectivity index (χ3v) is 1.68. The first-order valence-electron chi connectivity index (χ1n) is 3.74. The number of benzene rings is 1. The summed E-state index contributed by atoms with van der Waals surface area (Å²) in [6.07, 6.45) is 0. The molecule has 2 N–H and O–H groups in total. The van der Waals surface area contributed by atoms with E-state index in [-0.39, 0.29) is 24.3 Å². The third kappa shape index (κ3) is 2.86. The first-order chi connectivity index (χ1) is 5.65. The molecule has 13 heavy (non-hydrogen) atoms. The highest BCUT2D eigenvalue weighted by atomic mass is 35.5. The number of methoxy groups -OCH3 is 1. The average Bonchev–Trinajstić information content (AvgIpc) is 2.04. The zero-order valence-electron chi connectivity index (χ0n) is 7.58. The quantitative estimate of drug-likeness (QED) is 0.804. The lowest BCUT2D eigenvalue weighted by atomic mass is 10.1. The maximum Gasteiger partial charge on any atom is 0.123 e. The van der Waals surface area contributed by atoms with Crippen molar-refractivity contribution >= 4 is 12.4 Å². The summed E-state index contributed by atoms with van der Waals surface area (Å²) in [5.74, 6) is 0.342. The second-order valence-electron chi connectivity index (χ2n) is 2.67. The predicted molar refractivity (Wildman–Crippen MR) is 52.8 cm³/mol. The fourth-order valence-corrected chi connectivity index (χ4v) is 1.06. The van der Waals surface area contributed by atoms with Crippen molar-refractivity contribution in [1.82, 2.24) is 0 Å². The molecule has 0 aliphatic rings. The van der Waals surface area contributed by atoms with E-state index in [4.69, 9.17) is 10.5 Å². The van der Waals surface area contributed by atoms with E-state index in [2.05, 4.69) is 0 Å². The van der Waals surface area contributed by atoms with Crippen molar-refractivity contribution in [3.8, 4) is 5.75 Å². The van der Waals surface area contributed by atoms with Gasteiger partial charge in [-0.1, -0.05) is 0 Å². The van der Waals surface area contributed by atoms with Gasteiger partial charge in [0.25, 0.3) is 0 Å². The topological polar surface area (TPSA) is 35.2 Å². The van der Waals surface area contributed by atoms with Crippen LogP contribution < -0.4 is 10.5 Å². The van der Waals surface area contributed by atoms with Gasteiger partial charge < -0.3 is 10.5 Å². The monoisotopic (exact) mass is 205 g/mol. The van der Waals surface area contributed by atoms with Gasteiger partial charge >= 0.3 is 0 Å². The van der Waals surface area contributed by atoms with Gasteiger partial charge in [-0.3, -0.25) is 0 Å². The average molecular weight is 206 g/mol. The molecule has 1 rings (SSSR count). The fraction of sp³-hybridized carbons (Fsp3) is 0.333. The van der Waals surface area contributed by atoms with Gasteiger partial charge in [0, 0.05) is 11.6 Å². The molecule has 0 spiro atoms. The maximum atomic E-state index is 12.7. The Morgan fingerprint density at radius 3 is 2.54 bits per heavy atom. The summed E-state index contributed by atoms with van der Waals surface area (Å²) in [5, 5.41) is 0. The van der Waals surface area contributed by atoms with E-state index in [1.807, 2.05) is 0 Å². The van der Waals surface area contributed by atoms with Crippen LogP contribution in [0, 0.1) is 5.82 Å². The summed E-state index contributed by atoms with van der Waals surface area (Å²) in [6.45, 7) is 1.79. The molecular formula is C9H13ClFNO. The van der Waals surface area contributed by atoms with E-state index in [0.29, 0.717) is 11.3 Å². The van der Waals surface area contributed by atoms with E-state index >= 15 is 0 Å². The Morgan fingerprint density at radius 2 is 2.08 bits per heavy atom. The minimum absolute atomic E-state index is 0. The van der Waals surface area contributed by atoms with Crippen LogP contribution >= 0.6 is 12.4 Å². The molecule has 0 aromatic heterocycles. The van der Waals surface area contributed by atoms with Crippen molar-refractivity contribution in [2.75, 3.05) is 7.11 Å². The van der Waals surface area contributed by atoms with E-state index in [0.717, 1.165) is 0 Å². The molecule has 74 valence electrons. The van der Waals surface area contributed by atoms with Gasteiger partial charge in [0.15, 0.2) is 0 Å². The lowest BCUT2D eigenvalue weighted by molar-refractivity contribution is 0.405. The van der Waals surface area contributed by atoms with E-state index in [1.165, 1.54) is 12.1 Å². The summed E-state index contributed by atoms with van der Waals surface area (Å²) < 4.78 is 17.7. The maximum absolute atomic E-state index is 12.7. The summed E-state index contributed by atoms with van der Waals surface area (Å²) in [4.78, 5) is 0. The first-order valence-corrected chi connectivity index (χ1v) is 3.74. The Labute approximate surface area is 83.3 Å². The van der Waals surface area contributed by atoms with Gasteiger partial charge in [-0.25, -0.2) is 4.39 Å². The molecule has 0 unspecified atom stereocenters. The van der Waals surface area contributed by atoms with Gasteiger partial charge in [-0.05, 0) is 25.1 Å². The molecule has 0 fully saturated rings. The van der Waals surface area contributed by atoms with Crippen molar-refractivity contribution in [1.29, 1.82) is 0 Å². The Morgan fingerprint density at radius 1 is 1.46 bits per heavy atom. The van der Waals surface area contributed by atoms with Gasteiger partial charge in [0.2, 0.25) is 0 Å². The molecule has 0 aliphatic carbocycles. The zero-order valence-corrected chi connectivity index (χ0v) is 8.40. The minimum atomic E-state index is -0.289. The Hall–Kier alpha value is -0.800. The van der Waals surface area contributed by atoms with Crippen LogP contribution in [-0.2, 0) is 0 Å². The molecular weight excluding hydrogens is 193 g/mol. The summed E-state index contributed by atoms with van der Waals surface area (Å²) >= 11 is 0.